The smallest absolute Gasteiger partial charge is 0.0149 e. The monoisotopic (exact) mass is 368 g/mol. The molecule has 0 bridgehead atoms. The standard InChI is InChI=1S/C26H24S/c1-19-8-7-11-23(16-19)21(3)17-25(14-15-27)24-13-12-20(2)26(18-24)22-9-5-4-6-10-22/h4-18,27H,3H2,1-2H3/b15-14-,25-17+. The lowest BCUT2D eigenvalue weighted by Gasteiger charge is -2.11. The summed E-state index contributed by atoms with van der Waals surface area (Å²) in [6, 6.07) is 25.5. The van der Waals surface area contributed by atoms with Crippen LogP contribution in [0.15, 0.2) is 96.9 Å². The molecule has 27 heavy (non-hydrogen) atoms. The van der Waals surface area contributed by atoms with E-state index in [0.29, 0.717) is 0 Å². The Morgan fingerprint density at radius 2 is 1.63 bits per heavy atom. The molecule has 0 aliphatic carbocycles. The molecule has 1 heteroatoms. The summed E-state index contributed by atoms with van der Waals surface area (Å²) in [7, 11) is 0. The molecular weight excluding hydrogens is 344 g/mol. The van der Waals surface area contributed by atoms with Crippen LogP contribution in [0.25, 0.3) is 22.3 Å². The van der Waals surface area contributed by atoms with Gasteiger partial charge in [0.2, 0.25) is 0 Å². The average Bonchev–Trinajstić information content (AvgIpc) is 2.68. The third kappa shape index (κ3) is 4.69. The van der Waals surface area contributed by atoms with Gasteiger partial charge in [-0.05, 0) is 76.4 Å². The number of benzene rings is 3. The molecule has 0 aromatic heterocycles. The molecule has 0 N–H and O–H groups in total. The van der Waals surface area contributed by atoms with Gasteiger partial charge in [0.25, 0.3) is 0 Å². The Morgan fingerprint density at radius 3 is 2.33 bits per heavy atom. The highest BCUT2D eigenvalue weighted by Gasteiger charge is 2.07. The van der Waals surface area contributed by atoms with Gasteiger partial charge in [0.05, 0.1) is 0 Å². The molecule has 0 unspecified atom stereocenters. The van der Waals surface area contributed by atoms with E-state index < -0.39 is 0 Å². The summed E-state index contributed by atoms with van der Waals surface area (Å²) in [6.07, 6.45) is 4.14. The van der Waals surface area contributed by atoms with Crippen molar-refractivity contribution < 1.29 is 0 Å². The van der Waals surface area contributed by atoms with Gasteiger partial charge in [-0.1, -0.05) is 78.9 Å². The van der Waals surface area contributed by atoms with Gasteiger partial charge < -0.3 is 0 Å². The maximum atomic E-state index is 4.30. The second kappa shape index (κ2) is 8.75. The number of hydrogen-bond donors (Lipinski definition) is 1. The summed E-state index contributed by atoms with van der Waals surface area (Å²) in [5.41, 5.74) is 9.33. The highest BCUT2D eigenvalue weighted by Crippen LogP contribution is 2.29. The van der Waals surface area contributed by atoms with Crippen molar-refractivity contribution in [2.24, 2.45) is 0 Å². The van der Waals surface area contributed by atoms with Gasteiger partial charge >= 0.3 is 0 Å². The van der Waals surface area contributed by atoms with Crippen molar-refractivity contribution in [3.63, 3.8) is 0 Å². The van der Waals surface area contributed by atoms with Crippen molar-refractivity contribution >= 4 is 23.8 Å². The lowest BCUT2D eigenvalue weighted by molar-refractivity contribution is 1.44. The molecule has 0 spiro atoms. The SMILES string of the molecule is C=C(/C=C(\C=C/S)c1ccc(C)c(-c2ccccc2)c1)c1cccc(C)c1. The fourth-order valence-electron chi connectivity index (χ4n) is 3.15. The van der Waals surface area contributed by atoms with Gasteiger partial charge in [-0.2, -0.15) is 12.6 Å². The Kier molecular flexibility index (Phi) is 6.16. The van der Waals surface area contributed by atoms with Gasteiger partial charge in [-0.25, -0.2) is 0 Å². The molecule has 0 aliphatic heterocycles. The lowest BCUT2D eigenvalue weighted by Crippen LogP contribution is -1.89. The van der Waals surface area contributed by atoms with E-state index >= 15 is 0 Å². The van der Waals surface area contributed by atoms with Crippen LogP contribution in [0.2, 0.25) is 0 Å². The predicted molar refractivity (Wildman–Crippen MR) is 123 cm³/mol. The van der Waals surface area contributed by atoms with Gasteiger partial charge in [-0.15, -0.1) is 0 Å². The van der Waals surface area contributed by atoms with Crippen LogP contribution in [0.1, 0.15) is 22.3 Å². The number of thiol groups is 1. The molecular formula is C26H24S. The molecule has 0 aliphatic rings. The van der Waals surface area contributed by atoms with E-state index in [0.717, 1.165) is 22.3 Å². The minimum absolute atomic E-state index is 0.988. The first kappa shape index (κ1) is 19.0. The van der Waals surface area contributed by atoms with Crippen molar-refractivity contribution in [2.75, 3.05) is 0 Å². The largest absolute Gasteiger partial charge is 0.151 e. The van der Waals surface area contributed by atoms with E-state index in [9.17, 15) is 0 Å². The zero-order valence-electron chi connectivity index (χ0n) is 15.8. The third-order valence-corrected chi connectivity index (χ3v) is 4.78. The second-order valence-corrected chi connectivity index (χ2v) is 7.00. The summed E-state index contributed by atoms with van der Waals surface area (Å²) < 4.78 is 0. The summed E-state index contributed by atoms with van der Waals surface area (Å²) in [5.74, 6) is 0. The maximum Gasteiger partial charge on any atom is -0.0149 e. The molecule has 0 saturated heterocycles. The Morgan fingerprint density at radius 1 is 0.852 bits per heavy atom. The van der Waals surface area contributed by atoms with Gasteiger partial charge in [0, 0.05) is 0 Å². The first-order valence-corrected chi connectivity index (χ1v) is 9.55. The van der Waals surface area contributed by atoms with E-state index in [1.165, 1.54) is 22.3 Å². The molecule has 3 aromatic carbocycles. The van der Waals surface area contributed by atoms with Crippen LogP contribution >= 0.6 is 12.6 Å². The first-order valence-electron chi connectivity index (χ1n) is 9.03. The molecule has 3 aromatic rings. The number of allylic oxidation sites excluding steroid dienone is 4. The normalized spacial score (nSPS) is 11.7. The van der Waals surface area contributed by atoms with Crippen molar-refractivity contribution in [3.8, 4) is 11.1 Å². The minimum Gasteiger partial charge on any atom is -0.151 e. The zero-order chi connectivity index (χ0) is 19.2. The molecule has 0 nitrogen and oxygen atoms in total. The lowest BCUT2D eigenvalue weighted by atomic mass is 9.93. The van der Waals surface area contributed by atoms with E-state index in [4.69, 9.17) is 0 Å². The molecule has 0 atom stereocenters. The molecule has 0 radical (unpaired) electrons. The number of hydrogen-bond acceptors (Lipinski definition) is 1. The van der Waals surface area contributed by atoms with Crippen LogP contribution in [0.4, 0.5) is 0 Å². The summed E-state index contributed by atoms with van der Waals surface area (Å²) in [4.78, 5) is 0. The van der Waals surface area contributed by atoms with Crippen LogP contribution in [0.3, 0.4) is 0 Å². The molecule has 0 amide bonds. The van der Waals surface area contributed by atoms with Crippen LogP contribution in [0, 0.1) is 13.8 Å². The topological polar surface area (TPSA) is 0 Å². The van der Waals surface area contributed by atoms with Crippen LogP contribution in [-0.2, 0) is 0 Å². The van der Waals surface area contributed by atoms with Crippen LogP contribution in [-0.4, -0.2) is 0 Å². The van der Waals surface area contributed by atoms with E-state index in [1.807, 2.05) is 12.1 Å². The maximum absolute atomic E-state index is 4.30. The van der Waals surface area contributed by atoms with Gasteiger partial charge in [0.1, 0.15) is 0 Å². The fraction of sp³-hybridized carbons (Fsp3) is 0.0769. The van der Waals surface area contributed by atoms with Crippen molar-refractivity contribution in [1.29, 1.82) is 0 Å². The predicted octanol–water partition coefficient (Wildman–Crippen LogP) is 7.51. The number of aryl methyl sites for hydroxylation is 2. The van der Waals surface area contributed by atoms with Crippen molar-refractivity contribution in [3.05, 3.63) is 119 Å². The second-order valence-electron chi connectivity index (χ2n) is 6.71. The molecule has 0 fully saturated rings. The van der Waals surface area contributed by atoms with Crippen molar-refractivity contribution in [1.82, 2.24) is 0 Å². The third-order valence-electron chi connectivity index (χ3n) is 4.63. The van der Waals surface area contributed by atoms with Gasteiger partial charge in [0.15, 0.2) is 0 Å². The fourth-order valence-corrected chi connectivity index (χ4v) is 3.31. The first-order chi connectivity index (χ1) is 13.1. The Balaban J connectivity index is 2.04. The quantitative estimate of drug-likeness (QED) is 0.349. The zero-order valence-corrected chi connectivity index (χ0v) is 16.7. The van der Waals surface area contributed by atoms with E-state index in [-0.39, 0.29) is 0 Å². The van der Waals surface area contributed by atoms with Gasteiger partial charge in [-0.3, -0.25) is 0 Å². The summed E-state index contributed by atoms with van der Waals surface area (Å²) in [6.45, 7) is 8.52. The average molecular weight is 369 g/mol. The Bertz CT molecular complexity index is 1010. The highest BCUT2D eigenvalue weighted by molar-refractivity contribution is 7.83. The Hall–Kier alpha value is -2.77. The van der Waals surface area contributed by atoms with E-state index in [2.05, 4.69) is 106 Å². The molecule has 134 valence electrons. The van der Waals surface area contributed by atoms with Crippen molar-refractivity contribution in [2.45, 2.75) is 13.8 Å². The molecule has 0 heterocycles. The minimum atomic E-state index is 0.988. The summed E-state index contributed by atoms with van der Waals surface area (Å²) >= 11 is 4.30. The Labute approximate surface area is 168 Å². The van der Waals surface area contributed by atoms with Crippen LogP contribution < -0.4 is 0 Å². The molecule has 3 rings (SSSR count). The molecule has 0 saturated carbocycles. The highest BCUT2D eigenvalue weighted by atomic mass is 32.1. The summed E-state index contributed by atoms with van der Waals surface area (Å²) in [5, 5.41) is 1.78. The number of rotatable bonds is 5. The van der Waals surface area contributed by atoms with Crippen LogP contribution in [0.5, 0.6) is 0 Å². The van der Waals surface area contributed by atoms with E-state index in [1.54, 1.807) is 5.41 Å².